The van der Waals surface area contributed by atoms with Crippen LogP contribution in [0.5, 0.6) is 0 Å². The lowest BCUT2D eigenvalue weighted by Gasteiger charge is -2.06. The van der Waals surface area contributed by atoms with Crippen LogP contribution in [-0.2, 0) is 23.9 Å². The molecule has 0 unspecified atom stereocenters. The minimum atomic E-state index is -1.17. The molecule has 0 atom stereocenters. The molecule has 0 fully saturated rings. The zero-order valence-electron chi connectivity index (χ0n) is 11.2. The fourth-order valence-corrected chi connectivity index (χ4v) is 1.19. The van der Waals surface area contributed by atoms with Gasteiger partial charge < -0.3 is 19.9 Å². The average molecular weight is 291 g/mol. The lowest BCUT2D eigenvalue weighted by atomic mass is 10.3. The number of rotatable bonds is 12. The molecule has 9 nitrogen and oxygen atoms in total. The number of hydrogen-bond acceptors (Lipinski definition) is 6. The average Bonchev–Trinajstić information content (AvgIpc) is 2.39. The predicted octanol–water partition coefficient (Wildman–Crippen LogP) is -1.62. The second kappa shape index (κ2) is 12.3. The highest BCUT2D eigenvalue weighted by Gasteiger charge is 2.05. The van der Waals surface area contributed by atoms with Gasteiger partial charge in [-0.05, 0) is 6.42 Å². The van der Waals surface area contributed by atoms with Gasteiger partial charge in [-0.3, -0.25) is 19.8 Å². The van der Waals surface area contributed by atoms with Crippen LogP contribution in [0.1, 0.15) is 19.3 Å². The van der Waals surface area contributed by atoms with Crippen LogP contribution in [0.15, 0.2) is 0 Å². The summed E-state index contributed by atoms with van der Waals surface area (Å²) in [7, 11) is 0. The Bertz CT molecular complexity index is 311. The third-order valence-corrected chi connectivity index (χ3v) is 2.11. The summed E-state index contributed by atoms with van der Waals surface area (Å²) >= 11 is 0. The molecular weight excluding hydrogens is 270 g/mol. The van der Waals surface area contributed by atoms with Gasteiger partial charge in [-0.2, -0.15) is 0 Å². The van der Waals surface area contributed by atoms with E-state index in [1.165, 1.54) is 0 Å². The van der Waals surface area contributed by atoms with E-state index in [4.69, 9.17) is 20.4 Å². The Morgan fingerprint density at radius 1 is 1.00 bits per heavy atom. The van der Waals surface area contributed by atoms with Crippen LogP contribution in [0, 0.1) is 0 Å². The quantitative estimate of drug-likeness (QED) is 0.111. The number of nitrogens with one attached hydrogen (secondary N) is 2. The summed E-state index contributed by atoms with van der Waals surface area (Å²) in [6.07, 6.45) is 0.348. The maximum Gasteiger partial charge on any atom is 0.312 e. The Morgan fingerprint density at radius 3 is 2.25 bits per heavy atom. The Balaban J connectivity index is 3.19. The molecule has 116 valence electrons. The number of carbonyl (C=O) groups is 3. The van der Waals surface area contributed by atoms with Crippen molar-refractivity contribution in [2.24, 2.45) is 5.84 Å². The van der Waals surface area contributed by atoms with Crippen molar-refractivity contribution in [1.29, 1.82) is 0 Å². The zero-order valence-corrected chi connectivity index (χ0v) is 11.2. The highest BCUT2D eigenvalue weighted by molar-refractivity contribution is 5.93. The van der Waals surface area contributed by atoms with Gasteiger partial charge in [0.25, 0.3) is 0 Å². The number of aliphatic carboxylic acids is 1. The number of carboxylic acids is 1. The molecule has 0 rings (SSSR count). The Labute approximate surface area is 116 Å². The fourth-order valence-electron chi connectivity index (χ4n) is 1.19. The first-order chi connectivity index (χ1) is 9.56. The number of ether oxygens (including phenoxy) is 2. The number of nitrogens with two attached hydrogens (primary N) is 1. The normalized spacial score (nSPS) is 10.1. The number of hydrogen-bond donors (Lipinski definition) is 4. The van der Waals surface area contributed by atoms with Crippen LogP contribution >= 0.6 is 0 Å². The summed E-state index contributed by atoms with van der Waals surface area (Å²) in [5.74, 6) is 2.96. The van der Waals surface area contributed by atoms with Crippen molar-refractivity contribution in [3.8, 4) is 0 Å². The number of carboxylic acid groups (broad SMARTS) is 1. The van der Waals surface area contributed by atoms with Crippen LogP contribution < -0.4 is 16.6 Å². The molecule has 2 amide bonds. The topological polar surface area (TPSA) is 140 Å². The van der Waals surface area contributed by atoms with Crippen molar-refractivity contribution in [2.75, 3.05) is 33.0 Å². The second-order valence-corrected chi connectivity index (χ2v) is 3.82. The molecule has 0 radical (unpaired) electrons. The smallest absolute Gasteiger partial charge is 0.312 e. The molecule has 9 heteroatoms. The third-order valence-electron chi connectivity index (χ3n) is 2.11. The SMILES string of the molecule is NNC(=O)CCCOCCOCCNC(=O)CC(=O)O. The minimum absolute atomic E-state index is 0.234. The van der Waals surface area contributed by atoms with E-state index in [0.29, 0.717) is 32.7 Å². The minimum Gasteiger partial charge on any atom is -0.481 e. The molecule has 0 bridgehead atoms. The lowest BCUT2D eigenvalue weighted by molar-refractivity contribution is -0.140. The molecule has 0 aromatic heterocycles. The summed E-state index contributed by atoms with van der Waals surface area (Å²) in [5.41, 5.74) is 2.02. The first-order valence-electron chi connectivity index (χ1n) is 6.19. The van der Waals surface area contributed by atoms with Crippen LogP contribution in [0.3, 0.4) is 0 Å². The molecule has 0 aliphatic carbocycles. The summed E-state index contributed by atoms with van der Waals surface area (Å²) in [6, 6.07) is 0. The molecule has 0 aromatic rings. The molecule has 0 aliphatic rings. The molecule has 0 aromatic carbocycles. The van der Waals surface area contributed by atoms with Gasteiger partial charge in [0.1, 0.15) is 6.42 Å². The van der Waals surface area contributed by atoms with Crippen LogP contribution in [-0.4, -0.2) is 55.9 Å². The Kier molecular flexibility index (Phi) is 11.3. The van der Waals surface area contributed by atoms with E-state index in [-0.39, 0.29) is 19.1 Å². The molecule has 5 N–H and O–H groups in total. The molecule has 0 spiro atoms. The van der Waals surface area contributed by atoms with Gasteiger partial charge in [0.2, 0.25) is 11.8 Å². The van der Waals surface area contributed by atoms with Gasteiger partial charge in [0, 0.05) is 19.6 Å². The largest absolute Gasteiger partial charge is 0.481 e. The summed E-state index contributed by atoms with van der Waals surface area (Å²) in [5, 5.41) is 10.7. The van der Waals surface area contributed by atoms with Gasteiger partial charge in [-0.25, -0.2) is 5.84 Å². The van der Waals surface area contributed by atoms with Crippen LogP contribution in [0.2, 0.25) is 0 Å². The summed E-state index contributed by atoms with van der Waals surface area (Å²) in [4.78, 5) is 31.9. The second-order valence-electron chi connectivity index (χ2n) is 3.82. The Morgan fingerprint density at radius 2 is 1.65 bits per heavy atom. The standard InChI is InChI=1S/C11H21N3O6/c12-14-9(15)2-1-4-19-6-7-20-5-3-13-10(16)8-11(17)18/h1-8,12H2,(H,13,16)(H,14,15)(H,17,18). The van der Waals surface area contributed by atoms with E-state index < -0.39 is 18.3 Å². The van der Waals surface area contributed by atoms with E-state index in [1.807, 2.05) is 5.43 Å². The van der Waals surface area contributed by atoms with Gasteiger partial charge >= 0.3 is 5.97 Å². The highest BCUT2D eigenvalue weighted by Crippen LogP contribution is 1.89. The van der Waals surface area contributed by atoms with Crippen molar-refractivity contribution in [3.05, 3.63) is 0 Å². The first kappa shape index (κ1) is 18.3. The zero-order chi connectivity index (χ0) is 15.2. The summed E-state index contributed by atoms with van der Waals surface area (Å²) in [6.45, 7) is 1.71. The van der Waals surface area contributed by atoms with E-state index in [1.54, 1.807) is 0 Å². The van der Waals surface area contributed by atoms with Crippen molar-refractivity contribution < 1.29 is 29.0 Å². The number of carbonyl (C=O) groups excluding carboxylic acids is 2. The van der Waals surface area contributed by atoms with E-state index in [0.717, 1.165) is 0 Å². The molecule has 0 saturated heterocycles. The van der Waals surface area contributed by atoms with Gasteiger partial charge in [0.15, 0.2) is 0 Å². The molecule has 20 heavy (non-hydrogen) atoms. The first-order valence-corrected chi connectivity index (χ1v) is 6.19. The maximum absolute atomic E-state index is 10.9. The number of hydrazine groups is 1. The van der Waals surface area contributed by atoms with Crippen molar-refractivity contribution in [2.45, 2.75) is 19.3 Å². The van der Waals surface area contributed by atoms with Gasteiger partial charge in [-0.1, -0.05) is 0 Å². The van der Waals surface area contributed by atoms with Crippen LogP contribution in [0.4, 0.5) is 0 Å². The van der Waals surface area contributed by atoms with Crippen molar-refractivity contribution >= 4 is 17.8 Å². The van der Waals surface area contributed by atoms with Crippen LogP contribution in [0.25, 0.3) is 0 Å². The predicted molar refractivity (Wildman–Crippen MR) is 68.5 cm³/mol. The van der Waals surface area contributed by atoms with Crippen molar-refractivity contribution in [1.82, 2.24) is 10.7 Å². The number of amides is 2. The van der Waals surface area contributed by atoms with Gasteiger partial charge in [0.05, 0.1) is 19.8 Å². The fraction of sp³-hybridized carbons (Fsp3) is 0.727. The highest BCUT2D eigenvalue weighted by atomic mass is 16.5. The third kappa shape index (κ3) is 12.7. The molecule has 0 aliphatic heterocycles. The summed E-state index contributed by atoms with van der Waals surface area (Å²) < 4.78 is 10.3. The lowest BCUT2D eigenvalue weighted by Crippen LogP contribution is -2.30. The Hall–Kier alpha value is -1.71. The maximum atomic E-state index is 10.9. The van der Waals surface area contributed by atoms with Crippen molar-refractivity contribution in [3.63, 3.8) is 0 Å². The van der Waals surface area contributed by atoms with E-state index in [9.17, 15) is 14.4 Å². The van der Waals surface area contributed by atoms with Gasteiger partial charge in [-0.15, -0.1) is 0 Å². The van der Waals surface area contributed by atoms with E-state index >= 15 is 0 Å². The molecule has 0 heterocycles. The van der Waals surface area contributed by atoms with E-state index in [2.05, 4.69) is 5.32 Å². The molecular formula is C11H21N3O6. The molecule has 0 saturated carbocycles. The monoisotopic (exact) mass is 291 g/mol.